The highest BCUT2D eigenvalue weighted by molar-refractivity contribution is 7.09. The molecule has 0 bridgehead atoms. The molecule has 24 heavy (non-hydrogen) atoms. The largest absolute Gasteiger partial charge is 0.376 e. The lowest BCUT2D eigenvalue weighted by molar-refractivity contribution is -0.135. The van der Waals surface area contributed by atoms with Crippen LogP contribution in [0.2, 0.25) is 0 Å². The molecule has 1 N–H and O–H groups in total. The van der Waals surface area contributed by atoms with Crippen molar-refractivity contribution in [1.82, 2.24) is 15.1 Å². The highest BCUT2D eigenvalue weighted by atomic mass is 32.1. The van der Waals surface area contributed by atoms with Gasteiger partial charge in [0.15, 0.2) is 0 Å². The van der Waals surface area contributed by atoms with Gasteiger partial charge in [0.1, 0.15) is 0 Å². The number of aryl methyl sites for hydroxylation is 1. The Bertz CT molecular complexity index is 676. The summed E-state index contributed by atoms with van der Waals surface area (Å²) in [4.78, 5) is 16.5. The number of hydrogen-bond acceptors (Lipinski definition) is 4. The highest BCUT2D eigenvalue weighted by Crippen LogP contribution is 2.32. The predicted octanol–water partition coefficient (Wildman–Crippen LogP) is 3.10. The van der Waals surface area contributed by atoms with Gasteiger partial charge < -0.3 is 9.64 Å². The summed E-state index contributed by atoms with van der Waals surface area (Å²) < 4.78 is 5.79. The first kappa shape index (κ1) is 15.8. The van der Waals surface area contributed by atoms with E-state index in [-0.39, 0.29) is 17.9 Å². The number of carbonyl (C=O) groups is 1. The molecule has 0 saturated carbocycles. The molecule has 128 valence electrons. The Hall–Kier alpha value is -1.66. The minimum atomic E-state index is -0.0612. The third-order valence-corrected chi connectivity index (χ3v) is 5.89. The summed E-state index contributed by atoms with van der Waals surface area (Å²) in [6, 6.07) is 4.15. The number of hydrogen-bond donors (Lipinski definition) is 1. The van der Waals surface area contributed by atoms with E-state index < -0.39 is 0 Å². The molecule has 2 atom stereocenters. The molecular weight excluding hydrogens is 322 g/mol. The lowest BCUT2D eigenvalue weighted by atomic mass is 9.86. The Morgan fingerprint density at radius 1 is 1.42 bits per heavy atom. The fourth-order valence-electron chi connectivity index (χ4n) is 3.80. The van der Waals surface area contributed by atoms with Crippen molar-refractivity contribution in [2.24, 2.45) is 0 Å². The van der Waals surface area contributed by atoms with E-state index >= 15 is 0 Å². The lowest BCUT2D eigenvalue weighted by Gasteiger charge is -2.30. The van der Waals surface area contributed by atoms with Gasteiger partial charge in [0.25, 0.3) is 0 Å². The van der Waals surface area contributed by atoms with Gasteiger partial charge >= 0.3 is 0 Å². The first-order valence-electron chi connectivity index (χ1n) is 8.76. The van der Waals surface area contributed by atoms with Crippen LogP contribution in [0.3, 0.4) is 0 Å². The zero-order valence-corrected chi connectivity index (χ0v) is 14.6. The van der Waals surface area contributed by atoms with Gasteiger partial charge in [-0.1, -0.05) is 6.07 Å². The molecule has 2 aromatic heterocycles. The molecule has 2 aliphatic rings. The van der Waals surface area contributed by atoms with Gasteiger partial charge in [-0.15, -0.1) is 11.3 Å². The third kappa shape index (κ3) is 3.26. The van der Waals surface area contributed by atoms with E-state index in [1.165, 1.54) is 4.88 Å². The first-order valence-corrected chi connectivity index (χ1v) is 9.64. The average Bonchev–Trinajstić information content (AvgIpc) is 3.35. The smallest absolute Gasteiger partial charge is 0.230 e. The maximum absolute atomic E-state index is 13.3. The van der Waals surface area contributed by atoms with Crippen molar-refractivity contribution in [1.29, 1.82) is 0 Å². The molecule has 2 aromatic rings. The predicted molar refractivity (Wildman–Crippen MR) is 93.0 cm³/mol. The van der Waals surface area contributed by atoms with E-state index in [4.69, 9.17) is 4.74 Å². The number of aromatic nitrogens is 2. The summed E-state index contributed by atoms with van der Waals surface area (Å²) in [6.07, 6.45) is 7.12. The van der Waals surface area contributed by atoms with E-state index in [0.717, 1.165) is 50.0 Å². The molecule has 0 spiro atoms. The fraction of sp³-hybridized carbons (Fsp3) is 0.556. The number of fused-ring (bicyclic) bond motifs is 1. The first-order chi connectivity index (χ1) is 11.8. The van der Waals surface area contributed by atoms with Crippen LogP contribution in [0, 0.1) is 0 Å². The second-order valence-corrected chi connectivity index (χ2v) is 7.71. The summed E-state index contributed by atoms with van der Waals surface area (Å²) in [6.45, 7) is 2.20. The van der Waals surface area contributed by atoms with Crippen LogP contribution in [0.15, 0.2) is 23.7 Å². The molecular formula is C18H23N3O2S. The summed E-state index contributed by atoms with van der Waals surface area (Å²) >= 11 is 1.71. The van der Waals surface area contributed by atoms with Gasteiger partial charge in [-0.3, -0.25) is 9.89 Å². The molecule has 4 rings (SSSR count). The second-order valence-electron chi connectivity index (χ2n) is 6.68. The van der Waals surface area contributed by atoms with Crippen LogP contribution in [0.1, 0.15) is 47.7 Å². The maximum atomic E-state index is 13.3. The number of ether oxygens (including phenoxy) is 1. The van der Waals surface area contributed by atoms with Gasteiger partial charge in [0.2, 0.25) is 5.91 Å². The van der Waals surface area contributed by atoms with E-state index in [1.807, 2.05) is 17.2 Å². The standard InChI is InChI=1S/C18H23N3O2S/c22-18(15-6-1-7-17-16(15)10-19-20-17)21(11-13-4-2-8-23-13)12-14-5-3-9-24-14/h3,5,9-10,13,15H,1-2,4,6-8,11-12H2,(H,19,20). The van der Waals surface area contributed by atoms with Crippen LogP contribution in [0.4, 0.5) is 0 Å². The van der Waals surface area contributed by atoms with E-state index in [9.17, 15) is 4.79 Å². The molecule has 1 aliphatic heterocycles. The molecule has 0 aromatic carbocycles. The molecule has 6 heteroatoms. The number of amides is 1. The van der Waals surface area contributed by atoms with E-state index in [2.05, 4.69) is 21.6 Å². The van der Waals surface area contributed by atoms with Crippen LogP contribution in [0.5, 0.6) is 0 Å². The normalized spacial score (nSPS) is 23.2. The van der Waals surface area contributed by atoms with Crippen LogP contribution in [-0.2, 0) is 22.5 Å². The fourth-order valence-corrected chi connectivity index (χ4v) is 4.51. The zero-order chi connectivity index (χ0) is 16.4. The number of nitrogens with one attached hydrogen (secondary N) is 1. The van der Waals surface area contributed by atoms with Crippen LogP contribution >= 0.6 is 11.3 Å². The van der Waals surface area contributed by atoms with Crippen LogP contribution < -0.4 is 0 Å². The SMILES string of the molecule is O=C(C1CCCc2[nH]ncc21)N(Cc1cccs1)CC1CCCO1. The summed E-state index contributed by atoms with van der Waals surface area (Å²) in [5.74, 6) is 0.162. The molecule has 0 radical (unpaired) electrons. The molecule has 1 aliphatic carbocycles. The lowest BCUT2D eigenvalue weighted by Crippen LogP contribution is -2.40. The van der Waals surface area contributed by atoms with Crippen molar-refractivity contribution in [2.75, 3.05) is 13.2 Å². The van der Waals surface area contributed by atoms with Crippen molar-refractivity contribution >= 4 is 17.2 Å². The number of aromatic amines is 1. The topological polar surface area (TPSA) is 58.2 Å². The average molecular weight is 345 g/mol. The van der Waals surface area contributed by atoms with Gasteiger partial charge in [-0.05, 0) is 43.6 Å². The zero-order valence-electron chi connectivity index (χ0n) is 13.7. The molecule has 1 amide bonds. The number of H-pyrrole nitrogens is 1. The molecule has 2 unspecified atom stereocenters. The Morgan fingerprint density at radius 2 is 2.38 bits per heavy atom. The Morgan fingerprint density at radius 3 is 3.17 bits per heavy atom. The number of rotatable bonds is 5. The van der Waals surface area contributed by atoms with Gasteiger partial charge in [-0.2, -0.15) is 5.10 Å². The number of thiophene rings is 1. The van der Waals surface area contributed by atoms with Crippen LogP contribution in [0.25, 0.3) is 0 Å². The quantitative estimate of drug-likeness (QED) is 0.906. The molecule has 1 saturated heterocycles. The van der Waals surface area contributed by atoms with E-state index in [0.29, 0.717) is 13.1 Å². The second kappa shape index (κ2) is 7.07. The minimum absolute atomic E-state index is 0.0612. The Kier molecular flexibility index (Phi) is 4.67. The number of carbonyl (C=O) groups excluding carboxylic acids is 1. The number of nitrogens with zero attached hydrogens (tertiary/aromatic N) is 2. The molecule has 5 nitrogen and oxygen atoms in total. The summed E-state index contributed by atoms with van der Waals surface area (Å²) in [5.41, 5.74) is 2.22. The maximum Gasteiger partial charge on any atom is 0.230 e. The highest BCUT2D eigenvalue weighted by Gasteiger charge is 2.33. The van der Waals surface area contributed by atoms with Crippen molar-refractivity contribution in [3.63, 3.8) is 0 Å². The third-order valence-electron chi connectivity index (χ3n) is 5.03. The van der Waals surface area contributed by atoms with Crippen molar-refractivity contribution in [3.05, 3.63) is 39.8 Å². The van der Waals surface area contributed by atoms with Crippen molar-refractivity contribution < 1.29 is 9.53 Å². The molecule has 1 fully saturated rings. The minimum Gasteiger partial charge on any atom is -0.376 e. The Labute approximate surface area is 146 Å². The monoisotopic (exact) mass is 345 g/mol. The Balaban J connectivity index is 1.54. The van der Waals surface area contributed by atoms with Crippen molar-refractivity contribution in [2.45, 2.75) is 50.7 Å². The van der Waals surface area contributed by atoms with Gasteiger partial charge in [0, 0.05) is 29.3 Å². The molecule has 3 heterocycles. The van der Waals surface area contributed by atoms with Crippen LogP contribution in [-0.4, -0.2) is 40.3 Å². The van der Waals surface area contributed by atoms with Gasteiger partial charge in [0.05, 0.1) is 24.8 Å². The van der Waals surface area contributed by atoms with Crippen molar-refractivity contribution in [3.8, 4) is 0 Å². The van der Waals surface area contributed by atoms with E-state index in [1.54, 1.807) is 11.3 Å². The summed E-state index contributed by atoms with van der Waals surface area (Å²) in [5, 5.41) is 9.28. The summed E-state index contributed by atoms with van der Waals surface area (Å²) in [7, 11) is 0. The van der Waals surface area contributed by atoms with Gasteiger partial charge in [-0.25, -0.2) is 0 Å².